The van der Waals surface area contributed by atoms with E-state index in [-0.39, 0.29) is 6.10 Å². The maximum atomic E-state index is 5.26. The predicted molar refractivity (Wildman–Crippen MR) is 68.2 cm³/mol. The fourth-order valence-electron chi connectivity index (χ4n) is 1.47. The molecule has 0 aliphatic heterocycles. The standard InChI is InChI=1S/C12H21N3O2/c1-13-7-10-5-4-6-12(15-10)14-8-11(17-3)9-16-2/h4-6,11,13H,7-9H2,1-3H3,(H,14,15). The lowest BCUT2D eigenvalue weighted by Crippen LogP contribution is -2.27. The number of hydrogen-bond acceptors (Lipinski definition) is 5. The van der Waals surface area contributed by atoms with Crippen molar-refractivity contribution in [3.05, 3.63) is 23.9 Å². The molecule has 0 aliphatic carbocycles. The van der Waals surface area contributed by atoms with Gasteiger partial charge in [-0.05, 0) is 19.2 Å². The fourth-order valence-corrected chi connectivity index (χ4v) is 1.47. The molecule has 2 N–H and O–H groups in total. The molecule has 1 aromatic heterocycles. The average Bonchev–Trinajstić information content (AvgIpc) is 2.35. The molecule has 0 fully saturated rings. The summed E-state index contributed by atoms with van der Waals surface area (Å²) in [6.07, 6.45) is 0.0368. The summed E-state index contributed by atoms with van der Waals surface area (Å²) in [6.45, 7) is 2.02. The molecule has 0 aliphatic rings. The van der Waals surface area contributed by atoms with Crippen LogP contribution in [-0.2, 0) is 16.0 Å². The highest BCUT2D eigenvalue weighted by Gasteiger charge is 2.06. The quantitative estimate of drug-likeness (QED) is 0.705. The van der Waals surface area contributed by atoms with Gasteiger partial charge >= 0.3 is 0 Å². The zero-order valence-electron chi connectivity index (χ0n) is 10.7. The molecule has 0 bridgehead atoms. The van der Waals surface area contributed by atoms with E-state index >= 15 is 0 Å². The molecule has 5 nitrogen and oxygen atoms in total. The summed E-state index contributed by atoms with van der Waals surface area (Å²) in [5, 5.41) is 6.31. The minimum absolute atomic E-state index is 0.0368. The van der Waals surface area contributed by atoms with E-state index < -0.39 is 0 Å². The summed E-state index contributed by atoms with van der Waals surface area (Å²) < 4.78 is 10.3. The smallest absolute Gasteiger partial charge is 0.126 e. The lowest BCUT2D eigenvalue weighted by atomic mass is 10.3. The lowest BCUT2D eigenvalue weighted by molar-refractivity contribution is 0.0365. The van der Waals surface area contributed by atoms with Gasteiger partial charge in [-0.1, -0.05) is 6.07 Å². The first kappa shape index (κ1) is 13.9. The number of nitrogens with one attached hydrogen (secondary N) is 2. The van der Waals surface area contributed by atoms with Crippen LogP contribution in [-0.4, -0.2) is 45.5 Å². The number of pyridine rings is 1. The van der Waals surface area contributed by atoms with Gasteiger partial charge in [0, 0.05) is 27.3 Å². The van der Waals surface area contributed by atoms with Gasteiger partial charge in [0.25, 0.3) is 0 Å². The molecule has 1 unspecified atom stereocenters. The summed E-state index contributed by atoms with van der Waals surface area (Å²) in [5.41, 5.74) is 1.01. The van der Waals surface area contributed by atoms with Crippen molar-refractivity contribution in [1.29, 1.82) is 0 Å². The zero-order valence-corrected chi connectivity index (χ0v) is 10.7. The van der Waals surface area contributed by atoms with Crippen molar-refractivity contribution in [2.24, 2.45) is 0 Å². The molecule has 0 saturated carbocycles. The lowest BCUT2D eigenvalue weighted by Gasteiger charge is -2.15. The Bertz CT molecular complexity index is 320. The van der Waals surface area contributed by atoms with E-state index in [2.05, 4.69) is 15.6 Å². The Morgan fingerprint density at radius 1 is 1.35 bits per heavy atom. The van der Waals surface area contributed by atoms with Gasteiger partial charge in [0.1, 0.15) is 5.82 Å². The maximum absolute atomic E-state index is 5.26. The van der Waals surface area contributed by atoms with Crippen molar-refractivity contribution in [2.45, 2.75) is 12.6 Å². The van der Waals surface area contributed by atoms with Crippen LogP contribution in [0.4, 0.5) is 5.82 Å². The molecule has 17 heavy (non-hydrogen) atoms. The monoisotopic (exact) mass is 239 g/mol. The Hall–Kier alpha value is -1.17. The number of methoxy groups -OCH3 is 2. The number of rotatable bonds is 8. The Balaban J connectivity index is 2.47. The van der Waals surface area contributed by atoms with Crippen molar-refractivity contribution in [1.82, 2.24) is 10.3 Å². The van der Waals surface area contributed by atoms with Gasteiger partial charge in [-0.25, -0.2) is 4.98 Å². The van der Waals surface area contributed by atoms with Crippen LogP contribution < -0.4 is 10.6 Å². The molecule has 0 saturated heterocycles. The van der Waals surface area contributed by atoms with Gasteiger partial charge < -0.3 is 20.1 Å². The van der Waals surface area contributed by atoms with Gasteiger partial charge in [0.2, 0.25) is 0 Å². The van der Waals surface area contributed by atoms with E-state index in [0.717, 1.165) is 18.1 Å². The van der Waals surface area contributed by atoms with E-state index in [1.165, 1.54) is 0 Å². The first-order valence-electron chi connectivity index (χ1n) is 5.66. The second kappa shape index (κ2) is 8.00. The molecule has 1 aromatic rings. The molecule has 0 amide bonds. The van der Waals surface area contributed by atoms with Crippen molar-refractivity contribution in [3.8, 4) is 0 Å². The van der Waals surface area contributed by atoms with Crippen LogP contribution >= 0.6 is 0 Å². The molecule has 5 heteroatoms. The molecular formula is C12H21N3O2. The topological polar surface area (TPSA) is 55.4 Å². The normalized spacial score (nSPS) is 12.4. The molecule has 1 atom stereocenters. The summed E-state index contributed by atoms with van der Waals surface area (Å²) >= 11 is 0. The van der Waals surface area contributed by atoms with E-state index in [1.807, 2.05) is 25.2 Å². The van der Waals surface area contributed by atoms with Crippen molar-refractivity contribution in [3.63, 3.8) is 0 Å². The minimum atomic E-state index is 0.0368. The van der Waals surface area contributed by atoms with E-state index in [9.17, 15) is 0 Å². The highest BCUT2D eigenvalue weighted by molar-refractivity contribution is 5.35. The van der Waals surface area contributed by atoms with Gasteiger partial charge in [0.15, 0.2) is 0 Å². The van der Waals surface area contributed by atoms with E-state index in [0.29, 0.717) is 13.2 Å². The summed E-state index contributed by atoms with van der Waals surface area (Å²) in [6, 6.07) is 5.92. The van der Waals surface area contributed by atoms with Crippen LogP contribution in [0.15, 0.2) is 18.2 Å². The minimum Gasteiger partial charge on any atom is -0.382 e. The first-order valence-corrected chi connectivity index (χ1v) is 5.66. The molecule has 1 rings (SSSR count). The van der Waals surface area contributed by atoms with Gasteiger partial charge in [-0.3, -0.25) is 0 Å². The highest BCUT2D eigenvalue weighted by Crippen LogP contribution is 2.05. The highest BCUT2D eigenvalue weighted by atomic mass is 16.5. The van der Waals surface area contributed by atoms with Crippen molar-refractivity contribution < 1.29 is 9.47 Å². The molecule has 96 valence electrons. The second-order valence-corrected chi connectivity index (χ2v) is 3.74. The average molecular weight is 239 g/mol. The van der Waals surface area contributed by atoms with E-state index in [1.54, 1.807) is 14.2 Å². The van der Waals surface area contributed by atoms with Crippen LogP contribution in [0.1, 0.15) is 5.69 Å². The van der Waals surface area contributed by atoms with Crippen LogP contribution in [0, 0.1) is 0 Å². The molecular weight excluding hydrogens is 218 g/mol. The van der Waals surface area contributed by atoms with Crippen molar-refractivity contribution >= 4 is 5.82 Å². The van der Waals surface area contributed by atoms with Gasteiger partial charge in [0.05, 0.1) is 18.4 Å². The molecule has 0 aromatic carbocycles. The predicted octanol–water partition coefficient (Wildman–Crippen LogP) is 0.874. The largest absolute Gasteiger partial charge is 0.382 e. The maximum Gasteiger partial charge on any atom is 0.126 e. The number of aromatic nitrogens is 1. The van der Waals surface area contributed by atoms with Crippen molar-refractivity contribution in [2.75, 3.05) is 39.7 Å². The van der Waals surface area contributed by atoms with Crippen LogP contribution in [0.3, 0.4) is 0 Å². The second-order valence-electron chi connectivity index (χ2n) is 3.74. The first-order chi connectivity index (χ1) is 8.30. The SMILES string of the molecule is CNCc1cccc(NCC(COC)OC)n1. The number of anilines is 1. The Morgan fingerprint density at radius 2 is 2.18 bits per heavy atom. The van der Waals surface area contributed by atoms with Crippen LogP contribution in [0.5, 0.6) is 0 Å². The Kier molecular flexibility index (Phi) is 6.54. The Labute approximate surface area is 103 Å². The van der Waals surface area contributed by atoms with Crippen LogP contribution in [0.2, 0.25) is 0 Å². The molecule has 0 radical (unpaired) electrons. The number of nitrogens with zero attached hydrogens (tertiary/aromatic N) is 1. The third-order valence-corrected chi connectivity index (χ3v) is 2.36. The summed E-state index contributed by atoms with van der Waals surface area (Å²) in [7, 11) is 5.25. The third-order valence-electron chi connectivity index (χ3n) is 2.36. The number of hydrogen-bond donors (Lipinski definition) is 2. The zero-order chi connectivity index (χ0) is 12.5. The fraction of sp³-hybridized carbons (Fsp3) is 0.583. The summed E-state index contributed by atoms with van der Waals surface area (Å²) in [4.78, 5) is 4.46. The van der Waals surface area contributed by atoms with Crippen LogP contribution in [0.25, 0.3) is 0 Å². The summed E-state index contributed by atoms with van der Waals surface area (Å²) in [5.74, 6) is 0.857. The molecule has 1 heterocycles. The van der Waals surface area contributed by atoms with E-state index in [4.69, 9.17) is 9.47 Å². The number of ether oxygens (including phenoxy) is 2. The Morgan fingerprint density at radius 3 is 2.82 bits per heavy atom. The third kappa shape index (κ3) is 5.12. The van der Waals surface area contributed by atoms with Gasteiger partial charge in [-0.15, -0.1) is 0 Å². The van der Waals surface area contributed by atoms with Gasteiger partial charge in [-0.2, -0.15) is 0 Å². The molecule has 0 spiro atoms.